The minimum atomic E-state index is -0.774. The lowest BCUT2D eigenvalue weighted by atomic mass is 9.97. The first-order chi connectivity index (χ1) is 7.59. The van der Waals surface area contributed by atoms with Crippen LogP contribution in [-0.4, -0.2) is 6.10 Å². The Morgan fingerprint density at radius 2 is 2.00 bits per heavy atom. The lowest BCUT2D eigenvalue weighted by Gasteiger charge is -2.20. The van der Waals surface area contributed by atoms with Crippen molar-refractivity contribution in [3.63, 3.8) is 0 Å². The highest BCUT2D eigenvalue weighted by atomic mass is 19.2. The van der Waals surface area contributed by atoms with Crippen LogP contribution in [0.5, 0.6) is 0 Å². The molecular weight excluding hydrogens is 210 g/mol. The van der Waals surface area contributed by atoms with Crippen LogP contribution in [0.15, 0.2) is 18.4 Å². The number of ether oxygens (including phenoxy) is 1. The maximum atomic E-state index is 13.7. The van der Waals surface area contributed by atoms with Crippen LogP contribution in [0, 0.1) is 18.6 Å². The number of aryl methyl sites for hydroxylation is 1. The average molecular weight is 224 g/mol. The first kappa shape index (κ1) is 11.1. The lowest BCUT2D eigenvalue weighted by molar-refractivity contribution is 0.144. The Labute approximate surface area is 93.7 Å². The highest BCUT2D eigenvalue weighted by molar-refractivity contribution is 5.66. The van der Waals surface area contributed by atoms with Crippen LogP contribution in [0.2, 0.25) is 0 Å². The summed E-state index contributed by atoms with van der Waals surface area (Å²) in [4.78, 5) is 0. The second kappa shape index (κ2) is 4.24. The molecule has 1 aliphatic heterocycles. The molecule has 0 spiro atoms. The van der Waals surface area contributed by atoms with Crippen molar-refractivity contribution in [2.24, 2.45) is 0 Å². The van der Waals surface area contributed by atoms with Gasteiger partial charge < -0.3 is 4.74 Å². The third kappa shape index (κ3) is 1.94. The molecule has 0 amide bonds. The number of halogens is 2. The first-order valence-electron chi connectivity index (χ1n) is 5.39. The molecule has 1 nitrogen and oxygen atoms in total. The summed E-state index contributed by atoms with van der Waals surface area (Å²) in [6, 6.07) is 3.20. The molecule has 0 N–H and O–H groups in total. The van der Waals surface area contributed by atoms with Gasteiger partial charge in [0.2, 0.25) is 0 Å². The number of benzene rings is 1. The van der Waals surface area contributed by atoms with Crippen molar-refractivity contribution in [2.75, 3.05) is 0 Å². The van der Waals surface area contributed by atoms with Crippen LogP contribution in [0.1, 0.15) is 30.9 Å². The summed E-state index contributed by atoms with van der Waals surface area (Å²) in [6.45, 7) is 3.51. The second-order valence-corrected chi connectivity index (χ2v) is 4.19. The first-order valence-corrected chi connectivity index (χ1v) is 5.39. The number of hydrogen-bond acceptors (Lipinski definition) is 1. The van der Waals surface area contributed by atoms with Gasteiger partial charge in [0.15, 0.2) is 11.6 Å². The number of hydrogen-bond donors (Lipinski definition) is 0. The largest absolute Gasteiger partial charge is 0.498 e. The monoisotopic (exact) mass is 224 g/mol. The zero-order valence-corrected chi connectivity index (χ0v) is 9.39. The zero-order valence-electron chi connectivity index (χ0n) is 9.39. The lowest BCUT2D eigenvalue weighted by Crippen LogP contribution is -2.10. The van der Waals surface area contributed by atoms with E-state index in [-0.39, 0.29) is 6.10 Å². The quantitative estimate of drug-likeness (QED) is 0.704. The molecule has 1 aromatic carbocycles. The Kier molecular flexibility index (Phi) is 2.95. The molecule has 86 valence electrons. The molecule has 0 aliphatic carbocycles. The predicted octanol–water partition coefficient (Wildman–Crippen LogP) is 3.81. The van der Waals surface area contributed by atoms with Crippen molar-refractivity contribution in [1.82, 2.24) is 0 Å². The molecule has 0 saturated carbocycles. The van der Waals surface area contributed by atoms with Crippen molar-refractivity contribution >= 4 is 5.57 Å². The van der Waals surface area contributed by atoms with Gasteiger partial charge in [0.1, 0.15) is 0 Å². The summed E-state index contributed by atoms with van der Waals surface area (Å²) in [7, 11) is 0. The van der Waals surface area contributed by atoms with E-state index in [4.69, 9.17) is 4.74 Å². The molecule has 0 fully saturated rings. The van der Waals surface area contributed by atoms with Gasteiger partial charge in [0, 0.05) is 5.56 Å². The van der Waals surface area contributed by atoms with E-state index in [2.05, 4.69) is 0 Å². The second-order valence-electron chi connectivity index (χ2n) is 4.19. The molecule has 1 atom stereocenters. The van der Waals surface area contributed by atoms with Crippen LogP contribution in [0.25, 0.3) is 5.57 Å². The highest BCUT2D eigenvalue weighted by Crippen LogP contribution is 2.29. The van der Waals surface area contributed by atoms with Crippen molar-refractivity contribution < 1.29 is 13.5 Å². The molecule has 2 rings (SSSR count). The summed E-state index contributed by atoms with van der Waals surface area (Å²) in [5.41, 5.74) is 1.37. The fourth-order valence-corrected chi connectivity index (χ4v) is 1.78. The van der Waals surface area contributed by atoms with E-state index >= 15 is 0 Å². The van der Waals surface area contributed by atoms with Gasteiger partial charge >= 0.3 is 0 Å². The Bertz CT molecular complexity index is 438. The summed E-state index contributed by atoms with van der Waals surface area (Å²) in [5, 5.41) is 0. The fraction of sp³-hybridized carbons (Fsp3) is 0.385. The van der Waals surface area contributed by atoms with E-state index < -0.39 is 11.6 Å². The SMILES string of the molecule is Cc1ccc(C2=COC(C)CC2)c(F)c1F. The fourth-order valence-electron chi connectivity index (χ4n) is 1.78. The van der Waals surface area contributed by atoms with Gasteiger partial charge in [-0.05, 0) is 37.8 Å². The van der Waals surface area contributed by atoms with Crippen LogP contribution >= 0.6 is 0 Å². The van der Waals surface area contributed by atoms with Crippen molar-refractivity contribution in [3.8, 4) is 0 Å². The molecule has 1 unspecified atom stereocenters. The predicted molar refractivity (Wildman–Crippen MR) is 58.9 cm³/mol. The van der Waals surface area contributed by atoms with Crippen LogP contribution in [0.3, 0.4) is 0 Å². The van der Waals surface area contributed by atoms with E-state index in [1.165, 1.54) is 0 Å². The van der Waals surface area contributed by atoms with E-state index in [1.807, 2.05) is 6.92 Å². The van der Waals surface area contributed by atoms with Crippen molar-refractivity contribution in [2.45, 2.75) is 32.8 Å². The zero-order chi connectivity index (χ0) is 11.7. The highest BCUT2D eigenvalue weighted by Gasteiger charge is 2.18. The molecule has 0 radical (unpaired) electrons. The molecule has 0 aromatic heterocycles. The molecule has 1 aliphatic rings. The van der Waals surface area contributed by atoms with Gasteiger partial charge in [-0.2, -0.15) is 0 Å². The van der Waals surface area contributed by atoms with Gasteiger partial charge in [-0.15, -0.1) is 0 Å². The van der Waals surface area contributed by atoms with Crippen LogP contribution in [-0.2, 0) is 4.74 Å². The van der Waals surface area contributed by atoms with E-state index in [1.54, 1.807) is 25.3 Å². The van der Waals surface area contributed by atoms with Gasteiger partial charge in [-0.25, -0.2) is 8.78 Å². The number of rotatable bonds is 1. The standard InChI is InChI=1S/C13H14F2O/c1-8-3-6-11(13(15)12(8)14)10-5-4-9(2)16-7-10/h3,6-7,9H,4-5H2,1-2H3. The molecule has 0 saturated heterocycles. The molecule has 3 heteroatoms. The van der Waals surface area contributed by atoms with E-state index in [9.17, 15) is 8.78 Å². The van der Waals surface area contributed by atoms with Gasteiger partial charge in [0.05, 0.1) is 12.4 Å². The van der Waals surface area contributed by atoms with Crippen molar-refractivity contribution in [1.29, 1.82) is 0 Å². The molecule has 1 heterocycles. The van der Waals surface area contributed by atoms with Gasteiger partial charge in [-0.3, -0.25) is 0 Å². The third-order valence-corrected chi connectivity index (χ3v) is 2.88. The maximum Gasteiger partial charge on any atom is 0.166 e. The minimum Gasteiger partial charge on any atom is -0.498 e. The summed E-state index contributed by atoms with van der Waals surface area (Å²) < 4.78 is 32.4. The van der Waals surface area contributed by atoms with Gasteiger partial charge in [-0.1, -0.05) is 12.1 Å². The van der Waals surface area contributed by atoms with Gasteiger partial charge in [0.25, 0.3) is 0 Å². The average Bonchev–Trinajstić information content (AvgIpc) is 2.28. The summed E-state index contributed by atoms with van der Waals surface area (Å²) in [5.74, 6) is -1.54. The topological polar surface area (TPSA) is 9.23 Å². The van der Waals surface area contributed by atoms with Crippen LogP contribution in [0.4, 0.5) is 8.78 Å². The summed E-state index contributed by atoms with van der Waals surface area (Å²) >= 11 is 0. The Morgan fingerprint density at radius 3 is 2.62 bits per heavy atom. The third-order valence-electron chi connectivity index (χ3n) is 2.88. The molecule has 1 aromatic rings. The van der Waals surface area contributed by atoms with E-state index in [0.717, 1.165) is 18.4 Å². The minimum absolute atomic E-state index is 0.155. The normalized spacial score (nSPS) is 20.2. The summed E-state index contributed by atoms with van der Waals surface area (Å²) in [6.07, 6.45) is 3.25. The maximum absolute atomic E-state index is 13.7. The Balaban J connectivity index is 2.38. The smallest absolute Gasteiger partial charge is 0.166 e. The molecule has 0 bridgehead atoms. The van der Waals surface area contributed by atoms with E-state index in [0.29, 0.717) is 11.1 Å². The number of allylic oxidation sites excluding steroid dienone is 1. The Morgan fingerprint density at radius 1 is 1.25 bits per heavy atom. The molecular formula is C13H14F2O. The van der Waals surface area contributed by atoms with Crippen molar-refractivity contribution in [3.05, 3.63) is 41.2 Å². The van der Waals surface area contributed by atoms with Crippen LogP contribution < -0.4 is 0 Å². The Hall–Kier alpha value is -1.38. The molecule has 16 heavy (non-hydrogen) atoms.